The Labute approximate surface area is 60.2 Å². The van der Waals surface area contributed by atoms with Gasteiger partial charge < -0.3 is 4.74 Å². The van der Waals surface area contributed by atoms with E-state index in [1.807, 2.05) is 31.2 Å². The predicted molar refractivity (Wildman–Crippen MR) is 38.5 cm³/mol. The van der Waals surface area contributed by atoms with Crippen LogP contribution >= 0.6 is 0 Å². The van der Waals surface area contributed by atoms with E-state index in [1.165, 1.54) is 0 Å². The summed E-state index contributed by atoms with van der Waals surface area (Å²) in [6, 6.07) is 0. The smallest absolute Gasteiger partial charge is 0.293 e. The van der Waals surface area contributed by atoms with E-state index >= 15 is 0 Å². The van der Waals surface area contributed by atoms with Crippen LogP contribution in [-0.2, 0) is 9.53 Å². The molecule has 2 heteroatoms. The molecule has 0 saturated carbocycles. The highest BCUT2D eigenvalue weighted by Crippen LogP contribution is 2.19. The van der Waals surface area contributed by atoms with Crippen molar-refractivity contribution < 1.29 is 9.53 Å². The van der Waals surface area contributed by atoms with Crippen molar-refractivity contribution in [1.82, 2.24) is 0 Å². The summed E-state index contributed by atoms with van der Waals surface area (Å²) < 4.78 is 4.85. The first kappa shape index (κ1) is 7.06. The number of allylic oxidation sites excluding steroid dienone is 2. The molecule has 0 bridgehead atoms. The van der Waals surface area contributed by atoms with Gasteiger partial charge in [-0.05, 0) is 13.0 Å². The van der Waals surface area contributed by atoms with Crippen LogP contribution in [0.1, 0.15) is 13.3 Å². The molecule has 54 valence electrons. The summed E-state index contributed by atoms with van der Waals surface area (Å²) in [5, 5.41) is 0. The minimum atomic E-state index is -0.406. The van der Waals surface area contributed by atoms with Gasteiger partial charge in [0.15, 0.2) is 0 Å². The Morgan fingerprint density at radius 1 is 1.60 bits per heavy atom. The second kappa shape index (κ2) is 2.69. The lowest BCUT2D eigenvalue weighted by Gasteiger charge is -2.23. The molecule has 0 radical (unpaired) electrons. The van der Waals surface area contributed by atoms with Crippen molar-refractivity contribution in [1.29, 1.82) is 0 Å². The minimum Gasteiger partial charge on any atom is -0.457 e. The Kier molecular flexibility index (Phi) is 1.90. The van der Waals surface area contributed by atoms with Crippen molar-refractivity contribution in [3.8, 4) is 0 Å². The zero-order valence-corrected chi connectivity index (χ0v) is 5.91. The fraction of sp³-hybridized carbons (Fsp3) is 0.375. The van der Waals surface area contributed by atoms with E-state index in [2.05, 4.69) is 0 Å². The molecular formula is C8H10O2. The van der Waals surface area contributed by atoms with Gasteiger partial charge in [0.2, 0.25) is 0 Å². The molecule has 1 aliphatic carbocycles. The predicted octanol–water partition coefficient (Wildman–Crippen LogP) is 1.43. The zero-order valence-electron chi connectivity index (χ0n) is 5.91. The van der Waals surface area contributed by atoms with E-state index < -0.39 is 5.60 Å². The molecule has 2 nitrogen and oxygen atoms in total. The molecule has 1 unspecified atom stereocenters. The Hall–Kier alpha value is -1.05. The minimum absolute atomic E-state index is 0.406. The summed E-state index contributed by atoms with van der Waals surface area (Å²) in [4.78, 5) is 10.00. The van der Waals surface area contributed by atoms with E-state index in [-0.39, 0.29) is 0 Å². The molecule has 0 aromatic heterocycles. The van der Waals surface area contributed by atoms with Gasteiger partial charge in [-0.2, -0.15) is 0 Å². The van der Waals surface area contributed by atoms with Gasteiger partial charge in [-0.25, -0.2) is 0 Å². The number of carbonyl (C=O) groups is 1. The fourth-order valence-corrected chi connectivity index (χ4v) is 0.905. The first-order valence-electron chi connectivity index (χ1n) is 3.23. The molecule has 10 heavy (non-hydrogen) atoms. The Morgan fingerprint density at radius 2 is 2.40 bits per heavy atom. The molecule has 0 spiro atoms. The van der Waals surface area contributed by atoms with Crippen LogP contribution in [-0.4, -0.2) is 12.1 Å². The van der Waals surface area contributed by atoms with E-state index in [0.29, 0.717) is 6.47 Å². The van der Waals surface area contributed by atoms with Crippen LogP contribution in [0.2, 0.25) is 0 Å². The number of carbonyl (C=O) groups excluding carboxylic acids is 1. The maximum Gasteiger partial charge on any atom is 0.293 e. The van der Waals surface area contributed by atoms with Crippen LogP contribution in [0.5, 0.6) is 0 Å². The quantitative estimate of drug-likeness (QED) is 0.539. The second-order valence-corrected chi connectivity index (χ2v) is 2.52. The maximum atomic E-state index is 10.00. The van der Waals surface area contributed by atoms with E-state index in [4.69, 9.17) is 4.74 Å². The Bertz CT molecular complexity index is 178. The number of hydrogen-bond donors (Lipinski definition) is 0. The average Bonchev–Trinajstić information content (AvgIpc) is 1.89. The van der Waals surface area contributed by atoms with E-state index in [1.54, 1.807) is 0 Å². The van der Waals surface area contributed by atoms with Crippen LogP contribution in [0.3, 0.4) is 0 Å². The first-order valence-corrected chi connectivity index (χ1v) is 3.23. The number of hydrogen-bond acceptors (Lipinski definition) is 2. The van der Waals surface area contributed by atoms with Crippen molar-refractivity contribution in [2.75, 3.05) is 0 Å². The van der Waals surface area contributed by atoms with Gasteiger partial charge in [0, 0.05) is 6.42 Å². The summed E-state index contributed by atoms with van der Waals surface area (Å²) in [6.45, 7) is 2.37. The van der Waals surface area contributed by atoms with Crippen molar-refractivity contribution in [2.45, 2.75) is 18.9 Å². The van der Waals surface area contributed by atoms with Crippen LogP contribution < -0.4 is 0 Å². The monoisotopic (exact) mass is 138 g/mol. The van der Waals surface area contributed by atoms with Gasteiger partial charge in [-0.1, -0.05) is 18.2 Å². The van der Waals surface area contributed by atoms with E-state index in [9.17, 15) is 4.79 Å². The molecule has 0 amide bonds. The van der Waals surface area contributed by atoms with Gasteiger partial charge in [-0.3, -0.25) is 4.79 Å². The lowest BCUT2D eigenvalue weighted by molar-refractivity contribution is -0.137. The summed E-state index contributed by atoms with van der Waals surface area (Å²) >= 11 is 0. The molecule has 0 saturated heterocycles. The van der Waals surface area contributed by atoms with Gasteiger partial charge in [0.25, 0.3) is 6.47 Å². The summed E-state index contributed by atoms with van der Waals surface area (Å²) in [5.74, 6) is 0. The first-order chi connectivity index (χ1) is 4.77. The molecule has 0 aromatic rings. The largest absolute Gasteiger partial charge is 0.457 e. The molecule has 0 aromatic carbocycles. The highest BCUT2D eigenvalue weighted by Gasteiger charge is 2.21. The lowest BCUT2D eigenvalue weighted by Crippen LogP contribution is -2.25. The molecule has 0 fully saturated rings. The molecule has 1 rings (SSSR count). The Morgan fingerprint density at radius 3 is 2.90 bits per heavy atom. The SMILES string of the molecule is CC1(OC=O)C=CC=CC1. The van der Waals surface area contributed by atoms with Crippen LogP contribution in [0.15, 0.2) is 24.3 Å². The summed E-state index contributed by atoms with van der Waals surface area (Å²) in [5.41, 5.74) is -0.406. The van der Waals surface area contributed by atoms with Gasteiger partial charge >= 0.3 is 0 Å². The molecule has 1 aliphatic rings. The molecule has 1 atom stereocenters. The van der Waals surface area contributed by atoms with Crippen molar-refractivity contribution in [2.24, 2.45) is 0 Å². The lowest BCUT2D eigenvalue weighted by atomic mass is 9.98. The number of rotatable bonds is 2. The third kappa shape index (κ3) is 1.47. The van der Waals surface area contributed by atoms with Gasteiger partial charge in [0.1, 0.15) is 5.60 Å². The molecular weight excluding hydrogens is 128 g/mol. The highest BCUT2D eigenvalue weighted by molar-refractivity contribution is 5.40. The fourth-order valence-electron chi connectivity index (χ4n) is 0.905. The second-order valence-electron chi connectivity index (χ2n) is 2.52. The van der Waals surface area contributed by atoms with E-state index in [0.717, 1.165) is 6.42 Å². The van der Waals surface area contributed by atoms with Crippen molar-refractivity contribution in [3.63, 3.8) is 0 Å². The highest BCUT2D eigenvalue weighted by atomic mass is 16.5. The average molecular weight is 138 g/mol. The van der Waals surface area contributed by atoms with Crippen molar-refractivity contribution >= 4 is 6.47 Å². The summed E-state index contributed by atoms with van der Waals surface area (Å²) in [7, 11) is 0. The van der Waals surface area contributed by atoms with Crippen LogP contribution in [0.25, 0.3) is 0 Å². The summed E-state index contributed by atoms with van der Waals surface area (Å²) in [6.07, 6.45) is 8.44. The topological polar surface area (TPSA) is 26.3 Å². The standard InChI is InChI=1S/C8H10O2/c1-8(10-7-9)5-3-2-4-6-8/h2-5,7H,6H2,1H3. The van der Waals surface area contributed by atoms with Gasteiger partial charge in [0.05, 0.1) is 0 Å². The normalized spacial score (nSPS) is 30.1. The third-order valence-electron chi connectivity index (χ3n) is 1.54. The van der Waals surface area contributed by atoms with Gasteiger partial charge in [-0.15, -0.1) is 0 Å². The molecule has 0 N–H and O–H groups in total. The number of ether oxygens (including phenoxy) is 1. The maximum absolute atomic E-state index is 10.00. The van der Waals surface area contributed by atoms with Crippen LogP contribution in [0.4, 0.5) is 0 Å². The van der Waals surface area contributed by atoms with Crippen LogP contribution in [0, 0.1) is 0 Å². The van der Waals surface area contributed by atoms with Crippen molar-refractivity contribution in [3.05, 3.63) is 24.3 Å². The third-order valence-corrected chi connectivity index (χ3v) is 1.54. The zero-order chi connectivity index (χ0) is 7.45. The molecule has 0 aliphatic heterocycles. The Balaban J connectivity index is 2.60. The molecule has 0 heterocycles.